The van der Waals surface area contributed by atoms with Crippen molar-refractivity contribution in [2.24, 2.45) is 0 Å². The summed E-state index contributed by atoms with van der Waals surface area (Å²) in [5.41, 5.74) is 2.97. The number of hydrogen-bond donors (Lipinski definition) is 0. The van der Waals surface area contributed by atoms with Crippen molar-refractivity contribution in [3.8, 4) is 0 Å². The average molecular weight is 294 g/mol. The topological polar surface area (TPSA) is 0 Å². The molecule has 0 unspecified atom stereocenters. The smallest absolute Gasteiger partial charge is 0 e. The number of hydrogen-bond acceptors (Lipinski definition) is 0. The molecule has 19 heavy (non-hydrogen) atoms. The second-order valence-corrected chi connectivity index (χ2v) is 4.79. The Morgan fingerprint density at radius 1 is 0.842 bits per heavy atom. The molecule has 0 spiro atoms. The van der Waals surface area contributed by atoms with Gasteiger partial charge < -0.3 is 29.8 Å². The van der Waals surface area contributed by atoms with E-state index < -0.39 is 0 Å². The third-order valence-corrected chi connectivity index (χ3v) is 3.10. The van der Waals surface area contributed by atoms with E-state index in [0.29, 0.717) is 0 Å². The Kier molecular flexibility index (Phi) is 11.8. The summed E-state index contributed by atoms with van der Waals surface area (Å²) in [6.07, 6.45) is 7.75. The molecule has 0 amide bonds. The van der Waals surface area contributed by atoms with Gasteiger partial charge in [0.1, 0.15) is 0 Å². The zero-order chi connectivity index (χ0) is 13.1. The molecular weight excluding hydrogens is 268 g/mol. The molecule has 0 nitrogen and oxygen atoms in total. The van der Waals surface area contributed by atoms with E-state index in [1.165, 1.54) is 49.7 Å². The van der Waals surface area contributed by atoms with E-state index in [-0.39, 0.29) is 17.4 Å². The molecule has 0 aliphatic heterocycles. The summed E-state index contributed by atoms with van der Waals surface area (Å²) < 4.78 is 0. The van der Waals surface area contributed by atoms with Crippen LogP contribution in [0.2, 0.25) is 0 Å². The molecule has 0 atom stereocenters. The minimum Gasteiger partial charge on any atom is -0.748 e. The van der Waals surface area contributed by atoms with Gasteiger partial charge in [-0.25, -0.2) is 18.6 Å². The summed E-state index contributed by atoms with van der Waals surface area (Å²) in [5.74, 6) is 0. The van der Waals surface area contributed by atoms with Gasteiger partial charge in [0, 0.05) is 17.4 Å². The first-order chi connectivity index (χ1) is 8.86. The maximum absolute atomic E-state index is 2.23. The van der Waals surface area contributed by atoms with Crippen molar-refractivity contribution in [2.45, 2.75) is 52.4 Å². The maximum atomic E-state index is 2.23. The van der Waals surface area contributed by atoms with Crippen molar-refractivity contribution in [1.82, 2.24) is 0 Å². The van der Waals surface area contributed by atoms with Crippen molar-refractivity contribution < 1.29 is 17.4 Å². The number of rotatable bonds is 6. The summed E-state index contributed by atoms with van der Waals surface area (Å²) in [6, 6.07) is 17.2. The standard InChI is InChI=1S/2C9H13.Cr/c2*1-2-3-6-9-7-4-5-8-9;/h2*4-5,7-8H,2-3,6H2,1H3;/q-5;-1;. The first-order valence-corrected chi connectivity index (χ1v) is 7.28. The van der Waals surface area contributed by atoms with Gasteiger partial charge in [-0.1, -0.05) is 46.0 Å². The van der Waals surface area contributed by atoms with E-state index in [4.69, 9.17) is 0 Å². The van der Waals surface area contributed by atoms with Crippen LogP contribution in [0.3, 0.4) is 0 Å². The molecule has 0 saturated heterocycles. The SMILES string of the molecule is CCCC[c-]1[cH-][cH-][cH-][cH-]1.CCCC[c-]1cccc1.[Cr]. The monoisotopic (exact) mass is 294 g/mol. The van der Waals surface area contributed by atoms with Crippen LogP contribution in [-0.4, -0.2) is 0 Å². The quantitative estimate of drug-likeness (QED) is 0.618. The predicted octanol–water partition coefficient (Wildman–Crippen LogP) is 5.49. The molecular formula is C18H26Cr-6. The van der Waals surface area contributed by atoms with Crippen molar-refractivity contribution in [2.75, 3.05) is 0 Å². The van der Waals surface area contributed by atoms with Gasteiger partial charge in [0.2, 0.25) is 0 Å². The minimum absolute atomic E-state index is 0. The molecule has 2 aromatic rings. The van der Waals surface area contributed by atoms with E-state index in [2.05, 4.69) is 62.4 Å². The van der Waals surface area contributed by atoms with Crippen LogP contribution >= 0.6 is 0 Å². The third kappa shape index (κ3) is 8.87. The molecule has 0 heterocycles. The van der Waals surface area contributed by atoms with Gasteiger partial charge in [-0.05, 0) is 0 Å². The van der Waals surface area contributed by atoms with Gasteiger partial charge in [0.15, 0.2) is 0 Å². The van der Waals surface area contributed by atoms with Gasteiger partial charge in [-0.15, -0.1) is 0 Å². The average Bonchev–Trinajstić information content (AvgIpc) is 3.07. The minimum atomic E-state index is 0. The molecule has 2 rings (SSSR count). The Bertz CT molecular complexity index is 318. The zero-order valence-electron chi connectivity index (χ0n) is 12.3. The van der Waals surface area contributed by atoms with Crippen LogP contribution in [0.4, 0.5) is 0 Å². The van der Waals surface area contributed by atoms with Crippen LogP contribution in [0.15, 0.2) is 48.5 Å². The number of unbranched alkanes of at least 4 members (excludes halogenated alkanes) is 2. The maximum Gasteiger partial charge on any atom is 0 e. The Morgan fingerprint density at radius 3 is 1.89 bits per heavy atom. The fraction of sp³-hybridized carbons (Fsp3) is 0.444. The van der Waals surface area contributed by atoms with Gasteiger partial charge in [0.25, 0.3) is 0 Å². The molecule has 0 fully saturated rings. The molecule has 0 aromatic heterocycles. The second-order valence-electron chi connectivity index (χ2n) is 4.79. The summed E-state index contributed by atoms with van der Waals surface area (Å²) in [7, 11) is 0. The normalized spacial score (nSPS) is 9.37. The van der Waals surface area contributed by atoms with Crippen molar-refractivity contribution in [3.05, 3.63) is 59.7 Å². The first kappa shape index (κ1) is 18.2. The Hall–Kier alpha value is -0.768. The van der Waals surface area contributed by atoms with E-state index in [9.17, 15) is 0 Å². The molecule has 1 heteroatoms. The molecule has 0 aliphatic carbocycles. The Morgan fingerprint density at radius 2 is 1.37 bits per heavy atom. The van der Waals surface area contributed by atoms with Crippen LogP contribution in [0.1, 0.15) is 50.7 Å². The molecule has 110 valence electrons. The van der Waals surface area contributed by atoms with Crippen molar-refractivity contribution >= 4 is 0 Å². The van der Waals surface area contributed by atoms with Gasteiger partial charge in [0.05, 0.1) is 0 Å². The number of aryl methyl sites for hydroxylation is 2. The van der Waals surface area contributed by atoms with Gasteiger partial charge >= 0.3 is 0 Å². The van der Waals surface area contributed by atoms with E-state index >= 15 is 0 Å². The van der Waals surface area contributed by atoms with Crippen molar-refractivity contribution in [3.63, 3.8) is 0 Å². The molecule has 0 N–H and O–H groups in total. The largest absolute Gasteiger partial charge is 0.748 e. The third-order valence-electron chi connectivity index (χ3n) is 3.10. The fourth-order valence-electron chi connectivity index (χ4n) is 1.92. The van der Waals surface area contributed by atoms with Crippen LogP contribution in [0, 0.1) is 0 Å². The first-order valence-electron chi connectivity index (χ1n) is 7.28. The summed E-state index contributed by atoms with van der Waals surface area (Å²) in [6.45, 7) is 4.45. The van der Waals surface area contributed by atoms with Crippen LogP contribution in [0.25, 0.3) is 0 Å². The predicted molar refractivity (Wildman–Crippen MR) is 81.3 cm³/mol. The molecule has 0 bridgehead atoms. The van der Waals surface area contributed by atoms with E-state index in [1.54, 1.807) is 0 Å². The molecule has 2 aromatic carbocycles. The summed E-state index contributed by atoms with van der Waals surface area (Å²) in [5, 5.41) is 0. The second kappa shape index (κ2) is 12.3. The zero-order valence-corrected chi connectivity index (χ0v) is 13.5. The van der Waals surface area contributed by atoms with Gasteiger partial charge in [-0.2, -0.15) is 17.7 Å². The molecule has 0 radical (unpaired) electrons. The van der Waals surface area contributed by atoms with Gasteiger partial charge in [-0.3, -0.25) is 0 Å². The van der Waals surface area contributed by atoms with Crippen LogP contribution in [-0.2, 0) is 30.2 Å². The van der Waals surface area contributed by atoms with Crippen LogP contribution in [0.5, 0.6) is 0 Å². The summed E-state index contributed by atoms with van der Waals surface area (Å²) in [4.78, 5) is 0. The Balaban J connectivity index is 0.000000324. The van der Waals surface area contributed by atoms with Crippen LogP contribution < -0.4 is 0 Å². The molecule has 0 aliphatic rings. The van der Waals surface area contributed by atoms with E-state index in [1.807, 2.05) is 0 Å². The van der Waals surface area contributed by atoms with Crippen molar-refractivity contribution in [1.29, 1.82) is 0 Å². The van der Waals surface area contributed by atoms with E-state index in [0.717, 1.165) is 0 Å². The molecule has 0 saturated carbocycles. The Labute approximate surface area is 129 Å². The summed E-state index contributed by atoms with van der Waals surface area (Å²) >= 11 is 0. The fourth-order valence-corrected chi connectivity index (χ4v) is 1.92.